The Bertz CT molecular complexity index is 481. The maximum atomic E-state index is 2.46. The summed E-state index contributed by atoms with van der Waals surface area (Å²) in [4.78, 5) is 3.90. The van der Waals surface area contributed by atoms with E-state index in [1.807, 2.05) is 11.8 Å². The molecule has 0 aliphatic heterocycles. The maximum Gasteiger partial charge on any atom is 0.0498 e. The molecule has 0 spiro atoms. The Morgan fingerprint density at radius 2 is 1.67 bits per heavy atom. The van der Waals surface area contributed by atoms with Crippen molar-refractivity contribution in [2.24, 2.45) is 0 Å². The Balaban J connectivity index is 2.44. The van der Waals surface area contributed by atoms with E-state index in [1.54, 1.807) is 0 Å². The summed E-state index contributed by atoms with van der Waals surface area (Å²) in [7, 11) is 0. The number of hydrogen-bond acceptors (Lipinski definition) is 2. The minimum Gasteiger partial charge on any atom is -0.371 e. The van der Waals surface area contributed by atoms with E-state index in [9.17, 15) is 0 Å². The van der Waals surface area contributed by atoms with Crippen LogP contribution in [0.5, 0.6) is 0 Å². The SMILES string of the molecule is CCN(CC)C1=C(c2ccccc2)C(SC)=C1C. The molecule has 2 rings (SSSR count). The summed E-state index contributed by atoms with van der Waals surface area (Å²) < 4.78 is 0. The van der Waals surface area contributed by atoms with Crippen molar-refractivity contribution in [3.05, 3.63) is 52.1 Å². The van der Waals surface area contributed by atoms with Gasteiger partial charge in [-0.15, -0.1) is 11.8 Å². The minimum atomic E-state index is 1.07. The van der Waals surface area contributed by atoms with Gasteiger partial charge >= 0.3 is 0 Å². The van der Waals surface area contributed by atoms with Gasteiger partial charge in [0.1, 0.15) is 0 Å². The lowest BCUT2D eigenvalue weighted by Gasteiger charge is -2.36. The molecule has 0 radical (unpaired) electrons. The summed E-state index contributed by atoms with van der Waals surface area (Å²) in [6.07, 6.45) is 2.17. The second-order valence-electron chi connectivity index (χ2n) is 4.42. The summed E-state index contributed by atoms with van der Waals surface area (Å²) in [5.41, 5.74) is 5.67. The molecule has 0 N–H and O–H groups in total. The van der Waals surface area contributed by atoms with Crippen molar-refractivity contribution >= 4 is 17.3 Å². The zero-order valence-electron chi connectivity index (χ0n) is 11.7. The topological polar surface area (TPSA) is 3.24 Å². The first-order chi connectivity index (χ1) is 8.74. The number of nitrogens with zero attached hydrogens (tertiary/aromatic N) is 1. The molecule has 96 valence electrons. The van der Waals surface area contributed by atoms with Crippen LogP contribution in [-0.4, -0.2) is 24.2 Å². The van der Waals surface area contributed by atoms with Gasteiger partial charge in [-0.05, 0) is 38.2 Å². The number of hydrogen-bond donors (Lipinski definition) is 0. The Morgan fingerprint density at radius 1 is 1.06 bits per heavy atom. The monoisotopic (exact) mass is 259 g/mol. The molecule has 0 amide bonds. The van der Waals surface area contributed by atoms with Gasteiger partial charge in [0.05, 0.1) is 0 Å². The van der Waals surface area contributed by atoms with E-state index in [0.717, 1.165) is 13.1 Å². The van der Waals surface area contributed by atoms with Gasteiger partial charge in [-0.3, -0.25) is 0 Å². The first kappa shape index (κ1) is 13.3. The Morgan fingerprint density at radius 3 is 2.17 bits per heavy atom. The highest BCUT2D eigenvalue weighted by Gasteiger charge is 2.29. The van der Waals surface area contributed by atoms with Crippen LogP contribution in [0.2, 0.25) is 0 Å². The van der Waals surface area contributed by atoms with Crippen LogP contribution in [0.15, 0.2) is 46.5 Å². The van der Waals surface area contributed by atoms with Crippen LogP contribution in [0.1, 0.15) is 26.3 Å². The Hall–Kier alpha value is -1.15. The number of benzene rings is 1. The van der Waals surface area contributed by atoms with Gasteiger partial charge in [0.25, 0.3) is 0 Å². The largest absolute Gasteiger partial charge is 0.371 e. The molecular formula is C16H21NS. The number of rotatable bonds is 5. The van der Waals surface area contributed by atoms with Gasteiger partial charge < -0.3 is 4.90 Å². The van der Waals surface area contributed by atoms with E-state index in [1.165, 1.54) is 27.3 Å². The first-order valence-electron chi connectivity index (χ1n) is 6.54. The quantitative estimate of drug-likeness (QED) is 0.771. The number of allylic oxidation sites excluding steroid dienone is 2. The van der Waals surface area contributed by atoms with E-state index >= 15 is 0 Å². The van der Waals surface area contributed by atoms with Crippen molar-refractivity contribution in [1.29, 1.82) is 0 Å². The standard InChI is InChI=1S/C16H21NS/c1-5-17(6-2)15-12(3)16(18-4)14(15)13-10-8-7-9-11-13/h7-11H,5-6H2,1-4H3. The average Bonchev–Trinajstić information content (AvgIpc) is 2.42. The summed E-state index contributed by atoms with van der Waals surface area (Å²) in [5.74, 6) is 0. The lowest BCUT2D eigenvalue weighted by Crippen LogP contribution is -2.28. The highest BCUT2D eigenvalue weighted by molar-refractivity contribution is 8.03. The molecule has 0 heterocycles. The fourth-order valence-corrected chi connectivity index (χ4v) is 3.41. The minimum absolute atomic E-state index is 1.07. The van der Waals surface area contributed by atoms with Gasteiger partial charge in [0, 0.05) is 29.3 Å². The van der Waals surface area contributed by atoms with Gasteiger partial charge in [0.2, 0.25) is 0 Å². The summed E-state index contributed by atoms with van der Waals surface area (Å²) in [6.45, 7) is 8.83. The summed E-state index contributed by atoms with van der Waals surface area (Å²) in [6, 6.07) is 10.7. The van der Waals surface area contributed by atoms with Crippen LogP contribution in [0, 0.1) is 0 Å². The Labute approximate surface area is 115 Å². The summed E-state index contributed by atoms with van der Waals surface area (Å²) in [5, 5.41) is 0. The third kappa shape index (κ3) is 2.10. The molecule has 0 unspecified atom stereocenters. The molecule has 1 nitrogen and oxygen atoms in total. The van der Waals surface area contributed by atoms with Crippen molar-refractivity contribution in [1.82, 2.24) is 4.90 Å². The normalized spacial score (nSPS) is 14.9. The van der Waals surface area contributed by atoms with Crippen LogP contribution in [0.4, 0.5) is 0 Å². The smallest absolute Gasteiger partial charge is 0.0498 e. The molecule has 0 bridgehead atoms. The zero-order valence-corrected chi connectivity index (χ0v) is 12.5. The molecule has 0 saturated heterocycles. The van der Waals surface area contributed by atoms with Crippen molar-refractivity contribution in [3.8, 4) is 0 Å². The van der Waals surface area contributed by atoms with Gasteiger partial charge in [-0.25, -0.2) is 0 Å². The van der Waals surface area contributed by atoms with Gasteiger partial charge in [0.15, 0.2) is 0 Å². The highest BCUT2D eigenvalue weighted by Crippen LogP contribution is 2.47. The predicted molar refractivity (Wildman–Crippen MR) is 82.5 cm³/mol. The fourth-order valence-electron chi connectivity index (χ4n) is 2.59. The highest BCUT2D eigenvalue weighted by atomic mass is 32.2. The van der Waals surface area contributed by atoms with E-state index in [0.29, 0.717) is 0 Å². The second-order valence-corrected chi connectivity index (χ2v) is 5.24. The second kappa shape index (κ2) is 5.66. The third-order valence-electron chi connectivity index (χ3n) is 3.51. The molecule has 0 aromatic heterocycles. The maximum absolute atomic E-state index is 2.46. The molecule has 1 aromatic rings. The number of likely N-dealkylation sites (N-methyl/N-ethyl adjacent to an activating group) is 1. The van der Waals surface area contributed by atoms with E-state index < -0.39 is 0 Å². The molecule has 1 aliphatic rings. The third-order valence-corrected chi connectivity index (χ3v) is 4.42. The van der Waals surface area contributed by atoms with E-state index in [4.69, 9.17) is 0 Å². The lowest BCUT2D eigenvalue weighted by atomic mass is 9.88. The van der Waals surface area contributed by atoms with Crippen molar-refractivity contribution in [3.63, 3.8) is 0 Å². The molecule has 2 heteroatoms. The van der Waals surface area contributed by atoms with Crippen LogP contribution < -0.4 is 0 Å². The molecular weight excluding hydrogens is 238 g/mol. The molecule has 18 heavy (non-hydrogen) atoms. The van der Waals surface area contributed by atoms with Crippen molar-refractivity contribution in [2.45, 2.75) is 20.8 Å². The fraction of sp³-hybridized carbons (Fsp3) is 0.375. The van der Waals surface area contributed by atoms with Crippen molar-refractivity contribution < 1.29 is 0 Å². The zero-order chi connectivity index (χ0) is 13.1. The van der Waals surface area contributed by atoms with Crippen LogP contribution in [0.25, 0.3) is 5.57 Å². The average molecular weight is 259 g/mol. The Kier molecular flexibility index (Phi) is 4.18. The van der Waals surface area contributed by atoms with E-state index in [2.05, 4.69) is 62.3 Å². The lowest BCUT2D eigenvalue weighted by molar-refractivity contribution is 0.387. The van der Waals surface area contributed by atoms with Crippen LogP contribution in [0.3, 0.4) is 0 Å². The van der Waals surface area contributed by atoms with Gasteiger partial charge in [-0.1, -0.05) is 30.3 Å². The summed E-state index contributed by atoms with van der Waals surface area (Å²) >= 11 is 1.86. The molecule has 1 aromatic carbocycles. The molecule has 0 fully saturated rings. The van der Waals surface area contributed by atoms with Crippen LogP contribution >= 0.6 is 11.8 Å². The number of thioether (sulfide) groups is 1. The molecule has 0 atom stereocenters. The van der Waals surface area contributed by atoms with Crippen molar-refractivity contribution in [2.75, 3.05) is 19.3 Å². The molecule has 0 saturated carbocycles. The van der Waals surface area contributed by atoms with E-state index in [-0.39, 0.29) is 0 Å². The van der Waals surface area contributed by atoms with Gasteiger partial charge in [-0.2, -0.15) is 0 Å². The first-order valence-corrected chi connectivity index (χ1v) is 7.77. The predicted octanol–water partition coefficient (Wildman–Crippen LogP) is 4.39. The van der Waals surface area contributed by atoms with Crippen LogP contribution in [-0.2, 0) is 0 Å². The molecule has 1 aliphatic carbocycles.